The quantitative estimate of drug-likeness (QED) is 0.824. The Morgan fingerprint density at radius 3 is 2.80 bits per heavy atom. The third kappa shape index (κ3) is 3.07. The number of nitrogens with zero attached hydrogens (tertiary/aromatic N) is 2. The second-order valence-corrected chi connectivity index (χ2v) is 6.60. The molecule has 0 amide bonds. The average Bonchev–Trinajstić information content (AvgIpc) is 2.80. The SMILES string of the molecule is CCn1cc(S(=O)(=O)Nc2cccc(SC)c2)c(N)n1. The molecule has 0 radical (unpaired) electrons. The number of nitrogens with one attached hydrogen (secondary N) is 1. The first-order chi connectivity index (χ1) is 9.46. The van der Waals surface area contributed by atoms with Crippen LogP contribution in [-0.4, -0.2) is 24.5 Å². The van der Waals surface area contributed by atoms with Crippen molar-refractivity contribution < 1.29 is 8.42 Å². The number of aromatic nitrogens is 2. The first-order valence-corrected chi connectivity index (χ1v) is 8.67. The lowest BCUT2D eigenvalue weighted by Gasteiger charge is -2.07. The highest BCUT2D eigenvalue weighted by atomic mass is 32.2. The molecule has 6 nitrogen and oxygen atoms in total. The largest absolute Gasteiger partial charge is 0.381 e. The van der Waals surface area contributed by atoms with Gasteiger partial charge < -0.3 is 5.73 Å². The molecule has 1 aromatic heterocycles. The van der Waals surface area contributed by atoms with E-state index in [2.05, 4.69) is 9.82 Å². The van der Waals surface area contributed by atoms with Crippen LogP contribution in [0.5, 0.6) is 0 Å². The van der Waals surface area contributed by atoms with Gasteiger partial charge in [-0.1, -0.05) is 6.07 Å². The Hall–Kier alpha value is -1.67. The van der Waals surface area contributed by atoms with E-state index in [1.165, 1.54) is 22.6 Å². The number of hydrogen-bond donors (Lipinski definition) is 2. The Morgan fingerprint density at radius 1 is 1.45 bits per heavy atom. The number of aryl methyl sites for hydroxylation is 1. The van der Waals surface area contributed by atoms with Crippen LogP contribution in [0.1, 0.15) is 6.92 Å². The summed E-state index contributed by atoms with van der Waals surface area (Å²) in [6.45, 7) is 2.42. The van der Waals surface area contributed by atoms with Gasteiger partial charge in [0, 0.05) is 23.3 Å². The number of sulfonamides is 1. The maximum atomic E-state index is 12.3. The Balaban J connectivity index is 2.32. The van der Waals surface area contributed by atoms with E-state index < -0.39 is 10.0 Å². The van der Waals surface area contributed by atoms with Crippen molar-refractivity contribution in [1.82, 2.24) is 9.78 Å². The van der Waals surface area contributed by atoms with Gasteiger partial charge in [0.1, 0.15) is 4.90 Å². The number of nitrogens with two attached hydrogens (primary N) is 1. The number of anilines is 2. The van der Waals surface area contributed by atoms with Gasteiger partial charge in [0.05, 0.1) is 0 Å². The highest BCUT2D eigenvalue weighted by molar-refractivity contribution is 7.98. The standard InChI is InChI=1S/C12H16N4O2S2/c1-3-16-8-11(12(13)14-16)20(17,18)15-9-5-4-6-10(7-9)19-2/h4-8,15H,3H2,1-2H3,(H2,13,14). The van der Waals surface area contributed by atoms with Crippen LogP contribution in [0.2, 0.25) is 0 Å². The molecule has 0 atom stereocenters. The Morgan fingerprint density at radius 2 is 2.20 bits per heavy atom. The van der Waals surface area contributed by atoms with E-state index in [4.69, 9.17) is 5.73 Å². The smallest absolute Gasteiger partial charge is 0.267 e. The highest BCUT2D eigenvalue weighted by Gasteiger charge is 2.21. The number of rotatable bonds is 5. The van der Waals surface area contributed by atoms with Crippen LogP contribution < -0.4 is 10.5 Å². The van der Waals surface area contributed by atoms with E-state index >= 15 is 0 Å². The minimum absolute atomic E-state index is 0.000344. The molecule has 0 aliphatic carbocycles. The van der Waals surface area contributed by atoms with Crippen LogP contribution in [0.3, 0.4) is 0 Å². The molecule has 108 valence electrons. The molecule has 0 saturated carbocycles. The normalized spacial score (nSPS) is 11.5. The molecule has 0 saturated heterocycles. The molecule has 3 N–H and O–H groups in total. The van der Waals surface area contributed by atoms with Crippen molar-refractivity contribution >= 4 is 33.3 Å². The molecule has 0 unspecified atom stereocenters. The zero-order valence-corrected chi connectivity index (χ0v) is 12.8. The fourth-order valence-corrected chi connectivity index (χ4v) is 3.27. The van der Waals surface area contributed by atoms with Crippen LogP contribution in [0.15, 0.2) is 40.3 Å². The summed E-state index contributed by atoms with van der Waals surface area (Å²) in [7, 11) is -3.73. The summed E-state index contributed by atoms with van der Waals surface area (Å²) in [4.78, 5) is 0.969. The van der Waals surface area contributed by atoms with Crippen LogP contribution in [0, 0.1) is 0 Å². The molecule has 8 heteroatoms. The second kappa shape index (κ2) is 5.76. The number of benzene rings is 1. The first kappa shape index (κ1) is 14.7. The summed E-state index contributed by atoms with van der Waals surface area (Å²) < 4.78 is 28.6. The third-order valence-corrected chi connectivity index (χ3v) is 4.81. The van der Waals surface area contributed by atoms with Gasteiger partial charge in [-0.25, -0.2) is 8.42 Å². The maximum Gasteiger partial charge on any atom is 0.267 e. The molecule has 2 rings (SSSR count). The van der Waals surface area contributed by atoms with Gasteiger partial charge in [0.25, 0.3) is 10.0 Å². The van der Waals surface area contributed by atoms with Crippen molar-refractivity contribution in [3.8, 4) is 0 Å². The lowest BCUT2D eigenvalue weighted by atomic mass is 10.3. The predicted octanol–water partition coefficient (Wildman–Crippen LogP) is 2.01. The molecular weight excluding hydrogens is 296 g/mol. The van der Waals surface area contributed by atoms with Gasteiger partial charge in [-0.15, -0.1) is 11.8 Å². The van der Waals surface area contributed by atoms with Crippen molar-refractivity contribution in [2.24, 2.45) is 0 Å². The molecule has 0 bridgehead atoms. The second-order valence-electron chi connectivity index (χ2n) is 4.07. The molecule has 1 aromatic carbocycles. The lowest BCUT2D eigenvalue weighted by molar-refractivity contribution is 0.600. The van der Waals surface area contributed by atoms with Crippen LogP contribution in [0.25, 0.3) is 0 Å². The van der Waals surface area contributed by atoms with Crippen molar-refractivity contribution in [3.05, 3.63) is 30.5 Å². The zero-order chi connectivity index (χ0) is 14.8. The van der Waals surface area contributed by atoms with Crippen LogP contribution in [-0.2, 0) is 16.6 Å². The van der Waals surface area contributed by atoms with E-state index in [1.807, 2.05) is 19.2 Å². The number of hydrogen-bond acceptors (Lipinski definition) is 5. The topological polar surface area (TPSA) is 90.0 Å². The van der Waals surface area contributed by atoms with E-state index in [-0.39, 0.29) is 10.7 Å². The Labute approximate surface area is 122 Å². The molecule has 0 spiro atoms. The van der Waals surface area contributed by atoms with Crippen molar-refractivity contribution in [2.75, 3.05) is 16.7 Å². The van der Waals surface area contributed by atoms with Gasteiger partial charge >= 0.3 is 0 Å². The number of thioether (sulfide) groups is 1. The van der Waals surface area contributed by atoms with E-state index in [0.29, 0.717) is 12.2 Å². The van der Waals surface area contributed by atoms with E-state index in [0.717, 1.165) is 4.90 Å². The molecule has 0 aliphatic heterocycles. The van der Waals surface area contributed by atoms with Gasteiger partial charge in [-0.2, -0.15) is 5.10 Å². The average molecular weight is 312 g/mol. The summed E-state index contributed by atoms with van der Waals surface area (Å²) in [5, 5.41) is 3.94. The molecule has 2 aromatic rings. The van der Waals surface area contributed by atoms with Crippen molar-refractivity contribution in [2.45, 2.75) is 23.3 Å². The summed E-state index contributed by atoms with van der Waals surface area (Å²) in [6, 6.07) is 7.16. The summed E-state index contributed by atoms with van der Waals surface area (Å²) >= 11 is 1.54. The first-order valence-electron chi connectivity index (χ1n) is 5.96. The number of nitrogen functional groups attached to an aromatic ring is 1. The minimum Gasteiger partial charge on any atom is -0.381 e. The van der Waals surface area contributed by atoms with E-state index in [1.54, 1.807) is 18.2 Å². The molecule has 0 fully saturated rings. The minimum atomic E-state index is -3.73. The van der Waals surface area contributed by atoms with Crippen LogP contribution in [0.4, 0.5) is 11.5 Å². The maximum absolute atomic E-state index is 12.3. The highest BCUT2D eigenvalue weighted by Crippen LogP contribution is 2.23. The fourth-order valence-electron chi connectivity index (χ4n) is 1.68. The Bertz CT molecular complexity index is 710. The summed E-state index contributed by atoms with van der Waals surface area (Å²) in [6.07, 6.45) is 3.35. The molecule has 20 heavy (non-hydrogen) atoms. The third-order valence-electron chi connectivity index (χ3n) is 2.69. The molecule has 1 heterocycles. The monoisotopic (exact) mass is 312 g/mol. The molecular formula is C12H16N4O2S2. The summed E-state index contributed by atoms with van der Waals surface area (Å²) in [5.74, 6) is 0.000344. The van der Waals surface area contributed by atoms with Gasteiger partial charge in [-0.3, -0.25) is 9.40 Å². The fraction of sp³-hybridized carbons (Fsp3) is 0.250. The van der Waals surface area contributed by atoms with Crippen LogP contribution >= 0.6 is 11.8 Å². The molecule has 0 aliphatic rings. The lowest BCUT2D eigenvalue weighted by Crippen LogP contribution is -2.13. The van der Waals surface area contributed by atoms with Gasteiger partial charge in [0.15, 0.2) is 5.82 Å². The van der Waals surface area contributed by atoms with Gasteiger partial charge in [0.2, 0.25) is 0 Å². The Kier molecular flexibility index (Phi) is 4.24. The summed E-state index contributed by atoms with van der Waals surface area (Å²) in [5.41, 5.74) is 6.16. The van der Waals surface area contributed by atoms with Gasteiger partial charge in [-0.05, 0) is 31.4 Å². The van der Waals surface area contributed by atoms with Crippen molar-refractivity contribution in [3.63, 3.8) is 0 Å². The zero-order valence-electron chi connectivity index (χ0n) is 11.2. The van der Waals surface area contributed by atoms with Crippen molar-refractivity contribution in [1.29, 1.82) is 0 Å². The van der Waals surface area contributed by atoms with E-state index in [9.17, 15) is 8.42 Å². The predicted molar refractivity (Wildman–Crippen MR) is 81.3 cm³/mol.